The van der Waals surface area contributed by atoms with Gasteiger partial charge in [0, 0.05) is 12.1 Å². The van der Waals surface area contributed by atoms with Crippen molar-refractivity contribution in [3.8, 4) is 0 Å². The fourth-order valence-corrected chi connectivity index (χ4v) is 5.42. The number of aryl methyl sites for hydroxylation is 1. The summed E-state index contributed by atoms with van der Waals surface area (Å²) >= 11 is 0. The van der Waals surface area contributed by atoms with Crippen LogP contribution in [-0.2, 0) is 10.0 Å². The topological polar surface area (TPSA) is 40.6 Å². The molecular weight excluding hydrogens is 303 g/mol. The molecule has 0 bridgehead atoms. The molecule has 1 aromatic carbocycles. The summed E-state index contributed by atoms with van der Waals surface area (Å²) in [7, 11) is -1.49. The highest BCUT2D eigenvalue weighted by molar-refractivity contribution is 7.89. The molecule has 1 saturated carbocycles. The molecule has 0 spiro atoms. The molecule has 0 amide bonds. The fourth-order valence-electron chi connectivity index (χ4n) is 3.28. The standard InChI is InChI=1S/C16H23FN2O2S/c1-12-11-13(17)3-6-16(12)22(20,21)19(14-4-5-14)15-7-9-18(2)10-8-15/h3,6,11,14-15H,4-5,7-10H2,1-2H3. The third-order valence-electron chi connectivity index (χ3n) is 4.65. The monoisotopic (exact) mass is 326 g/mol. The highest BCUT2D eigenvalue weighted by Crippen LogP contribution is 2.37. The Labute approximate surface area is 132 Å². The molecule has 1 heterocycles. The lowest BCUT2D eigenvalue weighted by Gasteiger charge is -2.36. The molecular formula is C16H23FN2O2S. The predicted molar refractivity (Wildman–Crippen MR) is 83.7 cm³/mol. The lowest BCUT2D eigenvalue weighted by atomic mass is 10.1. The van der Waals surface area contributed by atoms with Crippen molar-refractivity contribution >= 4 is 10.0 Å². The van der Waals surface area contributed by atoms with Crippen LogP contribution in [0.5, 0.6) is 0 Å². The van der Waals surface area contributed by atoms with Crippen LogP contribution in [0.15, 0.2) is 23.1 Å². The van der Waals surface area contributed by atoms with Gasteiger partial charge in [-0.15, -0.1) is 0 Å². The Balaban J connectivity index is 1.93. The van der Waals surface area contributed by atoms with E-state index >= 15 is 0 Å². The summed E-state index contributed by atoms with van der Waals surface area (Å²) in [6.45, 7) is 3.51. The first kappa shape index (κ1) is 15.9. The Morgan fingerprint density at radius 2 is 1.73 bits per heavy atom. The number of halogens is 1. The minimum atomic E-state index is -3.55. The van der Waals surface area contributed by atoms with E-state index in [-0.39, 0.29) is 17.0 Å². The van der Waals surface area contributed by atoms with Crippen LogP contribution in [0.1, 0.15) is 31.2 Å². The first-order valence-corrected chi connectivity index (χ1v) is 9.32. The maximum absolute atomic E-state index is 13.3. The number of sulfonamides is 1. The zero-order valence-electron chi connectivity index (χ0n) is 13.1. The molecule has 4 nitrogen and oxygen atoms in total. The van der Waals surface area contributed by atoms with E-state index < -0.39 is 15.8 Å². The van der Waals surface area contributed by atoms with Gasteiger partial charge in [0.2, 0.25) is 10.0 Å². The van der Waals surface area contributed by atoms with E-state index in [1.165, 1.54) is 18.2 Å². The molecule has 0 atom stereocenters. The largest absolute Gasteiger partial charge is 0.306 e. The molecule has 0 N–H and O–H groups in total. The average molecular weight is 326 g/mol. The highest BCUT2D eigenvalue weighted by atomic mass is 32.2. The molecule has 0 unspecified atom stereocenters. The Bertz CT molecular complexity index is 650. The molecule has 1 aliphatic heterocycles. The van der Waals surface area contributed by atoms with Gasteiger partial charge < -0.3 is 4.90 Å². The number of hydrogen-bond acceptors (Lipinski definition) is 3. The molecule has 1 aliphatic carbocycles. The maximum atomic E-state index is 13.3. The zero-order valence-corrected chi connectivity index (χ0v) is 13.9. The molecule has 2 aliphatic rings. The molecule has 6 heteroatoms. The summed E-state index contributed by atoms with van der Waals surface area (Å²) in [5.41, 5.74) is 0.485. The van der Waals surface area contributed by atoms with E-state index in [1.54, 1.807) is 11.2 Å². The van der Waals surface area contributed by atoms with Crippen LogP contribution >= 0.6 is 0 Å². The maximum Gasteiger partial charge on any atom is 0.243 e. The molecule has 1 saturated heterocycles. The van der Waals surface area contributed by atoms with E-state index in [2.05, 4.69) is 11.9 Å². The molecule has 2 fully saturated rings. The summed E-state index contributed by atoms with van der Waals surface area (Å²) in [4.78, 5) is 2.48. The molecule has 22 heavy (non-hydrogen) atoms. The van der Waals surface area contributed by atoms with Crippen LogP contribution in [0.4, 0.5) is 4.39 Å². The van der Waals surface area contributed by atoms with Gasteiger partial charge in [0.15, 0.2) is 0 Å². The van der Waals surface area contributed by atoms with Crippen LogP contribution in [0.25, 0.3) is 0 Å². The summed E-state index contributed by atoms with van der Waals surface area (Å²) in [6, 6.07) is 4.14. The van der Waals surface area contributed by atoms with Gasteiger partial charge >= 0.3 is 0 Å². The van der Waals surface area contributed by atoms with Crippen molar-refractivity contribution in [3.05, 3.63) is 29.6 Å². The van der Waals surface area contributed by atoms with Gasteiger partial charge in [0.1, 0.15) is 5.82 Å². The Kier molecular flexibility index (Phi) is 4.27. The highest BCUT2D eigenvalue weighted by Gasteiger charge is 2.43. The van der Waals surface area contributed by atoms with Gasteiger partial charge in [-0.3, -0.25) is 0 Å². The summed E-state index contributed by atoms with van der Waals surface area (Å²) in [5, 5.41) is 0. The van der Waals surface area contributed by atoms with E-state index in [9.17, 15) is 12.8 Å². The van der Waals surface area contributed by atoms with E-state index in [0.717, 1.165) is 38.8 Å². The SMILES string of the molecule is Cc1cc(F)ccc1S(=O)(=O)N(C1CC1)C1CCN(C)CC1. The van der Waals surface area contributed by atoms with Gasteiger partial charge in [-0.2, -0.15) is 4.31 Å². The average Bonchev–Trinajstić information content (AvgIpc) is 3.25. The van der Waals surface area contributed by atoms with Crippen molar-refractivity contribution in [2.24, 2.45) is 0 Å². The second kappa shape index (κ2) is 5.91. The second-order valence-corrected chi connectivity index (χ2v) is 8.32. The van der Waals surface area contributed by atoms with Crippen molar-refractivity contribution in [3.63, 3.8) is 0 Å². The van der Waals surface area contributed by atoms with E-state index in [1.807, 2.05) is 0 Å². The third kappa shape index (κ3) is 3.05. The molecule has 122 valence electrons. The van der Waals surface area contributed by atoms with Crippen molar-refractivity contribution in [1.82, 2.24) is 9.21 Å². The number of likely N-dealkylation sites (tertiary alicyclic amines) is 1. The van der Waals surface area contributed by atoms with Gasteiger partial charge in [0.05, 0.1) is 4.90 Å². The van der Waals surface area contributed by atoms with Gasteiger partial charge in [-0.1, -0.05) is 0 Å². The summed E-state index contributed by atoms with van der Waals surface area (Å²) in [5.74, 6) is -0.395. The second-order valence-electron chi connectivity index (χ2n) is 6.51. The molecule has 0 aromatic heterocycles. The third-order valence-corrected chi connectivity index (χ3v) is 6.81. The van der Waals surface area contributed by atoms with E-state index in [0.29, 0.717) is 5.56 Å². The Morgan fingerprint density at radius 3 is 2.27 bits per heavy atom. The molecule has 0 radical (unpaired) electrons. The normalized spacial score (nSPS) is 21.5. The first-order chi connectivity index (χ1) is 10.4. The van der Waals surface area contributed by atoms with Gasteiger partial charge in [-0.25, -0.2) is 12.8 Å². The van der Waals surface area contributed by atoms with E-state index in [4.69, 9.17) is 0 Å². The summed E-state index contributed by atoms with van der Waals surface area (Å²) < 4.78 is 41.2. The molecule has 1 aromatic rings. The van der Waals surface area contributed by atoms with Crippen LogP contribution in [-0.4, -0.2) is 49.8 Å². The Hall–Kier alpha value is -0.980. The van der Waals surface area contributed by atoms with Crippen LogP contribution in [0.2, 0.25) is 0 Å². The minimum Gasteiger partial charge on any atom is -0.306 e. The first-order valence-electron chi connectivity index (χ1n) is 7.88. The smallest absolute Gasteiger partial charge is 0.243 e. The minimum absolute atomic E-state index is 0.0677. The van der Waals surface area contributed by atoms with Crippen LogP contribution in [0, 0.1) is 12.7 Å². The zero-order chi connectivity index (χ0) is 15.9. The number of rotatable bonds is 4. The number of benzene rings is 1. The quantitative estimate of drug-likeness (QED) is 0.853. The van der Waals surface area contributed by atoms with Crippen LogP contribution < -0.4 is 0 Å². The number of hydrogen-bond donors (Lipinski definition) is 0. The fraction of sp³-hybridized carbons (Fsp3) is 0.625. The van der Waals surface area contributed by atoms with Crippen molar-refractivity contribution in [2.45, 2.75) is 49.6 Å². The van der Waals surface area contributed by atoms with Gasteiger partial charge in [-0.05, 0) is 76.5 Å². The van der Waals surface area contributed by atoms with Crippen LogP contribution in [0.3, 0.4) is 0 Å². The number of piperidine rings is 1. The summed E-state index contributed by atoms with van der Waals surface area (Å²) in [6.07, 6.45) is 3.61. The lowest BCUT2D eigenvalue weighted by Crippen LogP contribution is -2.47. The number of nitrogens with zero attached hydrogens (tertiary/aromatic N) is 2. The predicted octanol–water partition coefficient (Wildman–Crippen LogP) is 2.38. The van der Waals surface area contributed by atoms with Crippen molar-refractivity contribution < 1.29 is 12.8 Å². The lowest BCUT2D eigenvalue weighted by molar-refractivity contribution is 0.178. The Morgan fingerprint density at radius 1 is 1.14 bits per heavy atom. The van der Waals surface area contributed by atoms with Crippen molar-refractivity contribution in [1.29, 1.82) is 0 Å². The molecule has 3 rings (SSSR count). The van der Waals surface area contributed by atoms with Gasteiger partial charge in [0.25, 0.3) is 0 Å². The van der Waals surface area contributed by atoms with Crippen molar-refractivity contribution in [2.75, 3.05) is 20.1 Å².